The van der Waals surface area contributed by atoms with E-state index < -0.39 is 0 Å². The fourth-order valence-corrected chi connectivity index (χ4v) is 3.45. The van der Waals surface area contributed by atoms with Crippen molar-refractivity contribution < 1.29 is 0 Å². The van der Waals surface area contributed by atoms with E-state index in [0.29, 0.717) is 0 Å². The molecule has 0 aromatic carbocycles. The maximum absolute atomic E-state index is 4.73. The van der Waals surface area contributed by atoms with Crippen molar-refractivity contribution in [1.82, 2.24) is 9.97 Å². The smallest absolute Gasteiger partial charge is 0.227 e. The summed E-state index contributed by atoms with van der Waals surface area (Å²) in [6.45, 7) is 5.26. The topological polar surface area (TPSA) is 41.1 Å². The largest absolute Gasteiger partial charge is 0.370 e. The van der Waals surface area contributed by atoms with Gasteiger partial charge in [0, 0.05) is 36.7 Å². The Hall–Kier alpha value is -0.970. The van der Waals surface area contributed by atoms with E-state index in [4.69, 9.17) is 9.97 Å². The van der Waals surface area contributed by atoms with Gasteiger partial charge >= 0.3 is 0 Å². The van der Waals surface area contributed by atoms with Gasteiger partial charge in [-0.1, -0.05) is 0 Å². The Morgan fingerprint density at radius 3 is 2.82 bits per heavy atom. The zero-order valence-electron chi connectivity index (χ0n) is 10.2. The fraction of sp³-hybridized carbons (Fsp3) is 0.667. The average Bonchev–Trinajstić information content (AvgIpc) is 3.00. The monoisotopic (exact) mass is 250 g/mol. The standard InChI is InChI=1S/C12H18N4S/c1-2-13-11-9-7-17-8-10(9)14-12(15-11)16-5-3-4-6-16/h2-8H2,1H3,(H,13,14,15). The van der Waals surface area contributed by atoms with Crippen molar-refractivity contribution in [1.29, 1.82) is 0 Å². The van der Waals surface area contributed by atoms with Crippen LogP contribution in [-0.4, -0.2) is 29.6 Å². The Balaban J connectivity index is 1.96. The van der Waals surface area contributed by atoms with Crippen LogP contribution in [0.1, 0.15) is 31.0 Å². The second-order valence-corrected chi connectivity index (χ2v) is 5.50. The third-order valence-corrected chi connectivity index (χ3v) is 4.27. The van der Waals surface area contributed by atoms with E-state index >= 15 is 0 Å². The molecule has 0 bridgehead atoms. The number of hydrogen-bond donors (Lipinski definition) is 1. The van der Waals surface area contributed by atoms with E-state index in [1.165, 1.54) is 24.1 Å². The number of rotatable bonds is 3. The number of aromatic nitrogens is 2. The number of anilines is 2. The molecule has 0 spiro atoms. The van der Waals surface area contributed by atoms with Gasteiger partial charge in [0.15, 0.2) is 0 Å². The summed E-state index contributed by atoms with van der Waals surface area (Å²) < 4.78 is 0. The number of hydrogen-bond acceptors (Lipinski definition) is 5. The van der Waals surface area contributed by atoms with E-state index in [1.807, 2.05) is 11.8 Å². The SMILES string of the molecule is CCNc1nc(N2CCCC2)nc2c1CSC2. The average molecular weight is 250 g/mol. The molecule has 17 heavy (non-hydrogen) atoms. The lowest BCUT2D eigenvalue weighted by molar-refractivity contribution is 0.882. The van der Waals surface area contributed by atoms with Gasteiger partial charge in [-0.3, -0.25) is 0 Å². The fourth-order valence-electron chi connectivity index (χ4n) is 2.41. The van der Waals surface area contributed by atoms with Crippen LogP contribution in [0.15, 0.2) is 0 Å². The molecule has 2 aliphatic heterocycles. The lowest BCUT2D eigenvalue weighted by Crippen LogP contribution is -2.22. The van der Waals surface area contributed by atoms with E-state index in [-0.39, 0.29) is 0 Å². The first-order chi connectivity index (χ1) is 8.38. The molecule has 0 aliphatic carbocycles. The van der Waals surface area contributed by atoms with Gasteiger partial charge < -0.3 is 10.2 Å². The second-order valence-electron chi connectivity index (χ2n) is 4.51. The van der Waals surface area contributed by atoms with Crippen LogP contribution in [-0.2, 0) is 11.5 Å². The second kappa shape index (κ2) is 4.72. The molecule has 0 unspecified atom stereocenters. The molecule has 4 nitrogen and oxygen atoms in total. The highest BCUT2D eigenvalue weighted by Gasteiger charge is 2.22. The third-order valence-electron chi connectivity index (χ3n) is 3.30. The maximum atomic E-state index is 4.73. The van der Waals surface area contributed by atoms with Gasteiger partial charge in [0.1, 0.15) is 5.82 Å². The molecule has 0 radical (unpaired) electrons. The summed E-state index contributed by atoms with van der Waals surface area (Å²) in [6, 6.07) is 0. The van der Waals surface area contributed by atoms with Crippen molar-refractivity contribution in [3.05, 3.63) is 11.3 Å². The Labute approximate surface area is 106 Å². The molecule has 1 aromatic heterocycles. The minimum Gasteiger partial charge on any atom is -0.370 e. The van der Waals surface area contributed by atoms with Crippen molar-refractivity contribution in [2.75, 3.05) is 29.9 Å². The molecular weight excluding hydrogens is 232 g/mol. The van der Waals surface area contributed by atoms with Crippen molar-refractivity contribution >= 4 is 23.5 Å². The van der Waals surface area contributed by atoms with Gasteiger partial charge in [-0.25, -0.2) is 4.98 Å². The summed E-state index contributed by atoms with van der Waals surface area (Å²) in [6.07, 6.45) is 2.54. The molecule has 1 saturated heterocycles. The van der Waals surface area contributed by atoms with Crippen LogP contribution < -0.4 is 10.2 Å². The molecule has 0 saturated carbocycles. The summed E-state index contributed by atoms with van der Waals surface area (Å²) in [4.78, 5) is 11.7. The van der Waals surface area contributed by atoms with E-state index in [1.54, 1.807) is 0 Å². The molecule has 1 N–H and O–H groups in total. The predicted molar refractivity (Wildman–Crippen MR) is 72.6 cm³/mol. The molecule has 3 heterocycles. The van der Waals surface area contributed by atoms with Gasteiger partial charge in [-0.05, 0) is 19.8 Å². The Bertz CT molecular complexity index is 415. The van der Waals surface area contributed by atoms with Crippen molar-refractivity contribution in [3.63, 3.8) is 0 Å². The third kappa shape index (κ3) is 2.08. The molecule has 2 aliphatic rings. The summed E-state index contributed by atoms with van der Waals surface area (Å²) in [5, 5.41) is 3.38. The molecule has 1 aromatic rings. The normalized spacial score (nSPS) is 18.5. The summed E-state index contributed by atoms with van der Waals surface area (Å²) in [5.74, 6) is 4.08. The zero-order valence-corrected chi connectivity index (χ0v) is 11.0. The van der Waals surface area contributed by atoms with Crippen LogP contribution in [0.5, 0.6) is 0 Å². The van der Waals surface area contributed by atoms with Crippen molar-refractivity contribution in [2.24, 2.45) is 0 Å². The van der Waals surface area contributed by atoms with Crippen LogP contribution in [0.3, 0.4) is 0 Å². The Kier molecular flexibility index (Phi) is 3.09. The van der Waals surface area contributed by atoms with Gasteiger partial charge in [-0.2, -0.15) is 16.7 Å². The van der Waals surface area contributed by atoms with Crippen molar-refractivity contribution in [3.8, 4) is 0 Å². The first-order valence-electron chi connectivity index (χ1n) is 6.35. The molecule has 92 valence electrons. The lowest BCUT2D eigenvalue weighted by atomic mass is 10.2. The number of thioether (sulfide) groups is 1. The first-order valence-corrected chi connectivity index (χ1v) is 7.50. The highest BCUT2D eigenvalue weighted by molar-refractivity contribution is 7.98. The summed E-state index contributed by atoms with van der Waals surface area (Å²) >= 11 is 1.93. The Morgan fingerprint density at radius 2 is 2.06 bits per heavy atom. The van der Waals surface area contributed by atoms with Crippen LogP contribution >= 0.6 is 11.8 Å². The minimum absolute atomic E-state index is 0.924. The molecular formula is C12H18N4S. The van der Waals surface area contributed by atoms with E-state index in [9.17, 15) is 0 Å². The number of nitrogens with zero attached hydrogens (tertiary/aromatic N) is 3. The molecule has 0 atom stereocenters. The highest BCUT2D eigenvalue weighted by Crippen LogP contribution is 2.34. The van der Waals surface area contributed by atoms with Gasteiger partial charge in [0.25, 0.3) is 0 Å². The van der Waals surface area contributed by atoms with E-state index in [2.05, 4.69) is 17.1 Å². The number of nitrogens with one attached hydrogen (secondary N) is 1. The minimum atomic E-state index is 0.924. The van der Waals surface area contributed by atoms with Crippen LogP contribution in [0.4, 0.5) is 11.8 Å². The lowest BCUT2D eigenvalue weighted by Gasteiger charge is -2.18. The first kappa shape index (κ1) is 11.1. The van der Waals surface area contributed by atoms with Crippen LogP contribution in [0.2, 0.25) is 0 Å². The molecule has 3 rings (SSSR count). The van der Waals surface area contributed by atoms with Crippen LogP contribution in [0.25, 0.3) is 0 Å². The summed E-state index contributed by atoms with van der Waals surface area (Å²) in [5.41, 5.74) is 2.56. The van der Waals surface area contributed by atoms with Gasteiger partial charge in [0.2, 0.25) is 5.95 Å². The van der Waals surface area contributed by atoms with Gasteiger partial charge in [0.05, 0.1) is 5.69 Å². The van der Waals surface area contributed by atoms with Crippen LogP contribution in [0, 0.1) is 0 Å². The molecule has 5 heteroatoms. The van der Waals surface area contributed by atoms with Crippen molar-refractivity contribution in [2.45, 2.75) is 31.3 Å². The molecule has 1 fully saturated rings. The quantitative estimate of drug-likeness (QED) is 0.891. The highest BCUT2D eigenvalue weighted by atomic mass is 32.2. The molecule has 0 amide bonds. The zero-order chi connectivity index (χ0) is 11.7. The van der Waals surface area contributed by atoms with Gasteiger partial charge in [-0.15, -0.1) is 0 Å². The maximum Gasteiger partial charge on any atom is 0.227 e. The Morgan fingerprint density at radius 1 is 1.24 bits per heavy atom. The predicted octanol–water partition coefficient (Wildman–Crippen LogP) is 2.26. The number of fused-ring (bicyclic) bond motifs is 1. The van der Waals surface area contributed by atoms with E-state index in [0.717, 1.165) is 42.9 Å². The summed E-state index contributed by atoms with van der Waals surface area (Å²) in [7, 11) is 0.